The molecular formula is C14H17NO2. The van der Waals surface area contributed by atoms with E-state index in [2.05, 4.69) is 5.32 Å². The first-order chi connectivity index (χ1) is 8.11. The first-order valence-electron chi connectivity index (χ1n) is 5.92. The van der Waals surface area contributed by atoms with Gasteiger partial charge in [-0.25, -0.2) is 0 Å². The SMILES string of the molecule is CC[C@H](C)NC(=O)c1cc2cccc(C)c2o1. The Labute approximate surface area is 101 Å². The van der Waals surface area contributed by atoms with Gasteiger partial charge in [-0.3, -0.25) is 4.79 Å². The Kier molecular flexibility index (Phi) is 3.18. The largest absolute Gasteiger partial charge is 0.451 e. The lowest BCUT2D eigenvalue weighted by atomic mass is 10.2. The highest BCUT2D eigenvalue weighted by atomic mass is 16.3. The van der Waals surface area contributed by atoms with Crippen molar-refractivity contribution < 1.29 is 9.21 Å². The molecule has 0 spiro atoms. The van der Waals surface area contributed by atoms with Crippen molar-refractivity contribution in [2.24, 2.45) is 0 Å². The van der Waals surface area contributed by atoms with E-state index in [1.807, 2.05) is 39.0 Å². The molecule has 1 aromatic carbocycles. The van der Waals surface area contributed by atoms with Gasteiger partial charge in [0, 0.05) is 11.4 Å². The van der Waals surface area contributed by atoms with Gasteiger partial charge >= 0.3 is 0 Å². The summed E-state index contributed by atoms with van der Waals surface area (Å²) in [7, 11) is 0. The summed E-state index contributed by atoms with van der Waals surface area (Å²) in [6, 6.07) is 7.84. The minimum Gasteiger partial charge on any atom is -0.451 e. The second kappa shape index (κ2) is 4.62. The predicted molar refractivity (Wildman–Crippen MR) is 68.2 cm³/mol. The second-order valence-corrected chi connectivity index (χ2v) is 4.39. The van der Waals surface area contributed by atoms with Crippen LogP contribution in [0.25, 0.3) is 11.0 Å². The van der Waals surface area contributed by atoms with Crippen LogP contribution in [-0.2, 0) is 0 Å². The lowest BCUT2D eigenvalue weighted by Crippen LogP contribution is -2.31. The number of benzene rings is 1. The average Bonchev–Trinajstić information content (AvgIpc) is 2.74. The van der Waals surface area contributed by atoms with Crippen molar-refractivity contribution in [1.82, 2.24) is 5.32 Å². The zero-order valence-electron chi connectivity index (χ0n) is 10.4. The number of fused-ring (bicyclic) bond motifs is 1. The van der Waals surface area contributed by atoms with E-state index in [4.69, 9.17) is 4.42 Å². The lowest BCUT2D eigenvalue weighted by molar-refractivity contribution is 0.0913. The molecule has 90 valence electrons. The number of furan rings is 1. The van der Waals surface area contributed by atoms with E-state index in [9.17, 15) is 4.79 Å². The highest BCUT2D eigenvalue weighted by Gasteiger charge is 2.14. The van der Waals surface area contributed by atoms with Crippen molar-refractivity contribution in [3.05, 3.63) is 35.6 Å². The number of amides is 1. The predicted octanol–water partition coefficient (Wildman–Crippen LogP) is 3.27. The van der Waals surface area contributed by atoms with Gasteiger partial charge in [0.05, 0.1) is 0 Å². The first kappa shape index (κ1) is 11.7. The second-order valence-electron chi connectivity index (χ2n) is 4.39. The van der Waals surface area contributed by atoms with Crippen molar-refractivity contribution in [3.63, 3.8) is 0 Å². The molecule has 0 aliphatic rings. The van der Waals surface area contributed by atoms with Gasteiger partial charge in [0.15, 0.2) is 5.76 Å². The molecule has 0 saturated carbocycles. The molecular weight excluding hydrogens is 214 g/mol. The molecule has 0 aliphatic heterocycles. The number of aryl methyl sites for hydroxylation is 1. The zero-order chi connectivity index (χ0) is 12.4. The Morgan fingerprint density at radius 1 is 1.47 bits per heavy atom. The summed E-state index contributed by atoms with van der Waals surface area (Å²) in [5, 5.41) is 3.87. The van der Waals surface area contributed by atoms with Crippen molar-refractivity contribution in [1.29, 1.82) is 0 Å². The Hall–Kier alpha value is -1.77. The molecule has 2 aromatic rings. The summed E-state index contributed by atoms with van der Waals surface area (Å²) >= 11 is 0. The van der Waals surface area contributed by atoms with Gasteiger partial charge in [-0.15, -0.1) is 0 Å². The Morgan fingerprint density at radius 3 is 2.88 bits per heavy atom. The molecule has 0 radical (unpaired) electrons. The molecule has 3 nitrogen and oxygen atoms in total. The average molecular weight is 231 g/mol. The van der Waals surface area contributed by atoms with Gasteiger partial charge in [0.25, 0.3) is 5.91 Å². The van der Waals surface area contributed by atoms with Crippen LogP contribution in [0, 0.1) is 6.92 Å². The van der Waals surface area contributed by atoms with Crippen LogP contribution >= 0.6 is 0 Å². The molecule has 0 fully saturated rings. The molecule has 0 bridgehead atoms. The summed E-state index contributed by atoms with van der Waals surface area (Å²) in [5.41, 5.74) is 1.84. The van der Waals surface area contributed by atoms with E-state index in [0.29, 0.717) is 5.76 Å². The molecule has 17 heavy (non-hydrogen) atoms. The van der Waals surface area contributed by atoms with Crippen LogP contribution in [-0.4, -0.2) is 11.9 Å². The molecule has 2 rings (SSSR count). The summed E-state index contributed by atoms with van der Waals surface area (Å²) < 4.78 is 5.59. The number of carbonyl (C=O) groups excluding carboxylic acids is 1. The lowest BCUT2D eigenvalue weighted by Gasteiger charge is -2.08. The summed E-state index contributed by atoms with van der Waals surface area (Å²) in [6.45, 7) is 5.99. The first-order valence-corrected chi connectivity index (χ1v) is 5.92. The third kappa shape index (κ3) is 2.33. The van der Waals surface area contributed by atoms with Gasteiger partial charge in [-0.2, -0.15) is 0 Å². The number of para-hydroxylation sites is 1. The van der Waals surface area contributed by atoms with E-state index in [-0.39, 0.29) is 11.9 Å². The molecule has 0 aliphatic carbocycles. The summed E-state index contributed by atoms with van der Waals surface area (Å²) in [4.78, 5) is 11.9. The van der Waals surface area contributed by atoms with E-state index in [1.54, 1.807) is 6.07 Å². The van der Waals surface area contributed by atoms with Gasteiger partial charge in [-0.1, -0.05) is 25.1 Å². The number of hydrogen-bond donors (Lipinski definition) is 1. The molecule has 1 atom stereocenters. The van der Waals surface area contributed by atoms with Crippen LogP contribution in [0.4, 0.5) is 0 Å². The fraction of sp³-hybridized carbons (Fsp3) is 0.357. The monoisotopic (exact) mass is 231 g/mol. The van der Waals surface area contributed by atoms with E-state index >= 15 is 0 Å². The Bertz CT molecular complexity index is 542. The Balaban J connectivity index is 2.30. The minimum absolute atomic E-state index is 0.144. The number of hydrogen-bond acceptors (Lipinski definition) is 2. The van der Waals surface area contributed by atoms with E-state index < -0.39 is 0 Å². The van der Waals surface area contributed by atoms with E-state index in [0.717, 1.165) is 23.0 Å². The van der Waals surface area contributed by atoms with Gasteiger partial charge in [-0.05, 0) is 31.9 Å². The van der Waals surface area contributed by atoms with Crippen LogP contribution in [0.15, 0.2) is 28.7 Å². The zero-order valence-corrected chi connectivity index (χ0v) is 10.4. The maximum atomic E-state index is 11.9. The minimum atomic E-state index is -0.144. The molecule has 1 heterocycles. The van der Waals surface area contributed by atoms with Gasteiger partial charge in [0.1, 0.15) is 5.58 Å². The summed E-state index contributed by atoms with van der Waals surface area (Å²) in [6.07, 6.45) is 0.908. The van der Waals surface area contributed by atoms with Crippen LogP contribution < -0.4 is 5.32 Å². The van der Waals surface area contributed by atoms with Crippen LogP contribution in [0.2, 0.25) is 0 Å². The fourth-order valence-corrected chi connectivity index (χ4v) is 1.72. The normalized spacial score (nSPS) is 12.6. The van der Waals surface area contributed by atoms with Crippen molar-refractivity contribution in [2.45, 2.75) is 33.2 Å². The van der Waals surface area contributed by atoms with Crippen LogP contribution in [0.3, 0.4) is 0 Å². The molecule has 1 aromatic heterocycles. The number of nitrogens with one attached hydrogen (secondary N) is 1. The molecule has 0 saturated heterocycles. The van der Waals surface area contributed by atoms with E-state index in [1.165, 1.54) is 0 Å². The third-order valence-corrected chi connectivity index (χ3v) is 2.95. The molecule has 1 amide bonds. The van der Waals surface area contributed by atoms with Crippen molar-refractivity contribution in [2.75, 3.05) is 0 Å². The van der Waals surface area contributed by atoms with Gasteiger partial charge < -0.3 is 9.73 Å². The summed E-state index contributed by atoms with van der Waals surface area (Å²) in [5.74, 6) is 0.240. The highest BCUT2D eigenvalue weighted by Crippen LogP contribution is 2.22. The highest BCUT2D eigenvalue weighted by molar-refractivity contribution is 5.96. The molecule has 3 heteroatoms. The van der Waals surface area contributed by atoms with Gasteiger partial charge in [0.2, 0.25) is 0 Å². The van der Waals surface area contributed by atoms with Crippen molar-refractivity contribution in [3.8, 4) is 0 Å². The third-order valence-electron chi connectivity index (χ3n) is 2.95. The maximum Gasteiger partial charge on any atom is 0.287 e. The smallest absolute Gasteiger partial charge is 0.287 e. The standard InChI is InChI=1S/C14H17NO2/c1-4-10(3)15-14(16)12-8-11-7-5-6-9(2)13(11)17-12/h5-8,10H,4H2,1-3H3,(H,15,16)/t10-/m0/s1. The topological polar surface area (TPSA) is 42.2 Å². The van der Waals surface area contributed by atoms with Crippen LogP contribution in [0.5, 0.6) is 0 Å². The Morgan fingerprint density at radius 2 is 2.24 bits per heavy atom. The van der Waals surface area contributed by atoms with Crippen molar-refractivity contribution >= 4 is 16.9 Å². The molecule has 0 unspecified atom stereocenters. The maximum absolute atomic E-state index is 11.9. The van der Waals surface area contributed by atoms with Crippen LogP contribution in [0.1, 0.15) is 36.4 Å². The number of rotatable bonds is 3. The number of carbonyl (C=O) groups is 1. The molecule has 1 N–H and O–H groups in total. The fourth-order valence-electron chi connectivity index (χ4n) is 1.72. The quantitative estimate of drug-likeness (QED) is 0.880.